The Morgan fingerprint density at radius 3 is 3.06 bits per heavy atom. The fourth-order valence-electron chi connectivity index (χ4n) is 2.14. The minimum absolute atomic E-state index is 0.556. The summed E-state index contributed by atoms with van der Waals surface area (Å²) < 4.78 is 3.88. The molecule has 1 aliphatic heterocycles. The molecule has 2 N–H and O–H groups in total. The number of rotatable bonds is 3. The molecular weight excluding hydrogens is 218 g/mol. The maximum atomic E-state index is 5.48. The first-order valence-corrected chi connectivity index (χ1v) is 5.91. The monoisotopic (exact) mass is 233 g/mol. The maximum absolute atomic E-state index is 5.48. The Morgan fingerprint density at radius 2 is 2.18 bits per heavy atom. The Labute approximate surface area is 98.6 Å². The molecule has 3 heterocycles. The van der Waals surface area contributed by atoms with E-state index in [9.17, 15) is 0 Å². The quantitative estimate of drug-likeness (QED) is 0.795. The van der Waals surface area contributed by atoms with Crippen LogP contribution >= 0.6 is 0 Å². The lowest BCUT2D eigenvalue weighted by Crippen LogP contribution is -2.11. The third kappa shape index (κ3) is 1.82. The molecule has 0 unspecified atom stereocenters. The molecule has 0 aromatic carbocycles. The molecule has 0 saturated heterocycles. The molecule has 17 heavy (non-hydrogen) atoms. The molecule has 90 valence electrons. The van der Waals surface area contributed by atoms with Gasteiger partial charge in [0.1, 0.15) is 5.82 Å². The minimum atomic E-state index is 0.556. The van der Waals surface area contributed by atoms with Crippen molar-refractivity contribution in [3.8, 4) is 11.5 Å². The first kappa shape index (κ1) is 10.4. The predicted molar refractivity (Wildman–Crippen MR) is 61.0 cm³/mol. The SMILES string of the molecule is NCCn1cc(-c2nnc3n2CCCC3)nn1. The molecule has 0 fully saturated rings. The van der Waals surface area contributed by atoms with Crippen LogP contribution in [0.2, 0.25) is 0 Å². The molecule has 3 rings (SSSR count). The summed E-state index contributed by atoms with van der Waals surface area (Å²) in [6, 6.07) is 0. The molecule has 0 radical (unpaired) electrons. The first-order chi connectivity index (χ1) is 8.38. The van der Waals surface area contributed by atoms with Gasteiger partial charge in [-0.2, -0.15) is 0 Å². The summed E-state index contributed by atoms with van der Waals surface area (Å²) in [7, 11) is 0. The summed E-state index contributed by atoms with van der Waals surface area (Å²) >= 11 is 0. The summed E-state index contributed by atoms with van der Waals surface area (Å²) in [4.78, 5) is 0. The largest absolute Gasteiger partial charge is 0.329 e. The van der Waals surface area contributed by atoms with E-state index in [2.05, 4.69) is 25.1 Å². The van der Waals surface area contributed by atoms with E-state index in [0.717, 1.165) is 30.3 Å². The van der Waals surface area contributed by atoms with Gasteiger partial charge in [-0.15, -0.1) is 15.3 Å². The van der Waals surface area contributed by atoms with Gasteiger partial charge in [-0.25, -0.2) is 0 Å². The Balaban J connectivity index is 1.94. The lowest BCUT2D eigenvalue weighted by molar-refractivity contribution is 0.525. The zero-order valence-electron chi connectivity index (χ0n) is 9.58. The Bertz CT molecular complexity index is 512. The van der Waals surface area contributed by atoms with Gasteiger partial charge in [0, 0.05) is 19.5 Å². The third-order valence-corrected chi connectivity index (χ3v) is 2.99. The van der Waals surface area contributed by atoms with Crippen molar-refractivity contribution in [1.82, 2.24) is 29.8 Å². The van der Waals surface area contributed by atoms with Gasteiger partial charge in [0.25, 0.3) is 0 Å². The summed E-state index contributed by atoms with van der Waals surface area (Å²) in [5.41, 5.74) is 6.25. The smallest absolute Gasteiger partial charge is 0.186 e. The summed E-state index contributed by atoms with van der Waals surface area (Å²) in [6.07, 6.45) is 5.25. The second-order valence-electron chi connectivity index (χ2n) is 4.20. The van der Waals surface area contributed by atoms with Gasteiger partial charge in [-0.1, -0.05) is 5.21 Å². The molecule has 7 heteroatoms. The summed E-state index contributed by atoms with van der Waals surface area (Å²) in [5, 5.41) is 16.5. The van der Waals surface area contributed by atoms with Crippen molar-refractivity contribution in [2.24, 2.45) is 5.73 Å². The van der Waals surface area contributed by atoms with Crippen LogP contribution in [0, 0.1) is 0 Å². The topological polar surface area (TPSA) is 87.4 Å². The van der Waals surface area contributed by atoms with Crippen molar-refractivity contribution in [2.75, 3.05) is 6.54 Å². The van der Waals surface area contributed by atoms with Gasteiger partial charge < -0.3 is 10.3 Å². The van der Waals surface area contributed by atoms with Crippen LogP contribution < -0.4 is 5.73 Å². The van der Waals surface area contributed by atoms with E-state index in [0.29, 0.717) is 13.1 Å². The number of nitrogens with two attached hydrogens (primary N) is 1. The number of fused-ring (bicyclic) bond motifs is 1. The lowest BCUT2D eigenvalue weighted by atomic mass is 10.1. The molecule has 1 aliphatic rings. The van der Waals surface area contributed by atoms with Crippen LogP contribution in [-0.4, -0.2) is 36.3 Å². The molecule has 0 aliphatic carbocycles. The second-order valence-corrected chi connectivity index (χ2v) is 4.20. The van der Waals surface area contributed by atoms with E-state index >= 15 is 0 Å². The highest BCUT2D eigenvalue weighted by Crippen LogP contribution is 2.20. The molecule has 0 bridgehead atoms. The normalized spacial score (nSPS) is 14.9. The van der Waals surface area contributed by atoms with Gasteiger partial charge in [0.15, 0.2) is 11.5 Å². The lowest BCUT2D eigenvalue weighted by Gasteiger charge is -2.13. The van der Waals surface area contributed by atoms with Gasteiger partial charge in [0.2, 0.25) is 0 Å². The van der Waals surface area contributed by atoms with Crippen molar-refractivity contribution in [3.63, 3.8) is 0 Å². The van der Waals surface area contributed by atoms with Crippen LogP contribution in [0.5, 0.6) is 0 Å². The minimum Gasteiger partial charge on any atom is -0.329 e. The Morgan fingerprint density at radius 1 is 1.24 bits per heavy atom. The number of hydrogen-bond acceptors (Lipinski definition) is 5. The van der Waals surface area contributed by atoms with Gasteiger partial charge >= 0.3 is 0 Å². The van der Waals surface area contributed by atoms with Crippen LogP contribution in [0.25, 0.3) is 11.5 Å². The van der Waals surface area contributed by atoms with Crippen molar-refractivity contribution >= 4 is 0 Å². The van der Waals surface area contributed by atoms with Crippen molar-refractivity contribution in [1.29, 1.82) is 0 Å². The van der Waals surface area contributed by atoms with Crippen molar-refractivity contribution in [2.45, 2.75) is 32.4 Å². The Kier molecular flexibility index (Phi) is 2.60. The number of aromatic nitrogens is 6. The molecule has 2 aromatic heterocycles. The molecule has 0 atom stereocenters. The molecule has 7 nitrogen and oxygen atoms in total. The highest BCUT2D eigenvalue weighted by Gasteiger charge is 2.18. The van der Waals surface area contributed by atoms with Crippen LogP contribution in [0.15, 0.2) is 6.20 Å². The third-order valence-electron chi connectivity index (χ3n) is 2.99. The van der Waals surface area contributed by atoms with E-state index in [1.807, 2.05) is 6.20 Å². The van der Waals surface area contributed by atoms with Crippen LogP contribution in [0.4, 0.5) is 0 Å². The van der Waals surface area contributed by atoms with E-state index in [-0.39, 0.29) is 0 Å². The van der Waals surface area contributed by atoms with E-state index < -0.39 is 0 Å². The molecule has 0 spiro atoms. The number of aryl methyl sites for hydroxylation is 1. The number of nitrogens with zero attached hydrogens (tertiary/aromatic N) is 6. The molecule has 2 aromatic rings. The maximum Gasteiger partial charge on any atom is 0.186 e. The van der Waals surface area contributed by atoms with E-state index in [1.54, 1.807) is 4.68 Å². The van der Waals surface area contributed by atoms with Crippen LogP contribution in [0.3, 0.4) is 0 Å². The fraction of sp³-hybridized carbons (Fsp3) is 0.600. The average molecular weight is 233 g/mol. The van der Waals surface area contributed by atoms with Crippen molar-refractivity contribution < 1.29 is 0 Å². The highest BCUT2D eigenvalue weighted by molar-refractivity contribution is 5.47. The number of hydrogen-bond donors (Lipinski definition) is 1. The van der Waals surface area contributed by atoms with E-state index in [1.165, 1.54) is 12.8 Å². The first-order valence-electron chi connectivity index (χ1n) is 5.91. The summed E-state index contributed by atoms with van der Waals surface area (Å²) in [6.45, 7) is 2.20. The fourth-order valence-corrected chi connectivity index (χ4v) is 2.14. The predicted octanol–water partition coefficient (Wildman–Crippen LogP) is -0.168. The van der Waals surface area contributed by atoms with Crippen LogP contribution in [-0.2, 0) is 19.5 Å². The van der Waals surface area contributed by atoms with Gasteiger partial charge in [0.05, 0.1) is 12.7 Å². The zero-order valence-corrected chi connectivity index (χ0v) is 9.58. The second kappa shape index (κ2) is 4.25. The highest BCUT2D eigenvalue weighted by atomic mass is 15.4. The average Bonchev–Trinajstić information content (AvgIpc) is 2.95. The van der Waals surface area contributed by atoms with Crippen LogP contribution in [0.1, 0.15) is 18.7 Å². The van der Waals surface area contributed by atoms with E-state index in [4.69, 9.17) is 5.73 Å². The molecular formula is C10H15N7. The molecule has 0 amide bonds. The zero-order chi connectivity index (χ0) is 11.7. The summed E-state index contributed by atoms with van der Waals surface area (Å²) in [5.74, 6) is 1.88. The van der Waals surface area contributed by atoms with Gasteiger partial charge in [-0.05, 0) is 12.8 Å². The van der Waals surface area contributed by atoms with Crippen molar-refractivity contribution in [3.05, 3.63) is 12.0 Å². The van der Waals surface area contributed by atoms with Gasteiger partial charge in [-0.3, -0.25) is 4.68 Å². The Hall–Kier alpha value is -1.76. The standard InChI is InChI=1S/C10H15N7/c11-4-6-16-7-8(12-15-16)10-14-13-9-3-1-2-5-17(9)10/h7H,1-6,11H2. The molecule has 0 saturated carbocycles.